The van der Waals surface area contributed by atoms with Crippen molar-refractivity contribution in [2.45, 2.75) is 116 Å². The summed E-state index contributed by atoms with van der Waals surface area (Å²) in [4.78, 5) is 0. The van der Waals surface area contributed by atoms with Gasteiger partial charge in [-0.2, -0.15) is 0 Å². The highest BCUT2D eigenvalue weighted by Crippen LogP contribution is 2.39. The van der Waals surface area contributed by atoms with Gasteiger partial charge in [0.1, 0.15) is 0 Å². The molecule has 0 heterocycles. The van der Waals surface area contributed by atoms with Crippen LogP contribution in [0.25, 0.3) is 11.1 Å². The second kappa shape index (κ2) is 12.1. The Kier molecular flexibility index (Phi) is 8.89. The third-order valence-electron chi connectivity index (χ3n) is 8.72. The van der Waals surface area contributed by atoms with Crippen LogP contribution in [0.15, 0.2) is 48.5 Å². The average Bonchev–Trinajstić information content (AvgIpc) is 2.87. The molecule has 0 nitrogen and oxygen atoms in total. The summed E-state index contributed by atoms with van der Waals surface area (Å²) >= 11 is 0. The maximum absolute atomic E-state index is 2.41. The standard InChI is InChI=1S/C32H46/c1-3-5-7-25-9-13-27(14-10-25)29-17-21-31(22-18-29)32-23-19-30(20-24-32)28-15-11-26(12-16-28)8-6-4-2/h17-28H,3-16H2,1-2H3. The maximum atomic E-state index is 2.41. The smallest absolute Gasteiger partial charge is 0.0162 e. The van der Waals surface area contributed by atoms with Gasteiger partial charge in [-0.15, -0.1) is 0 Å². The van der Waals surface area contributed by atoms with Gasteiger partial charge in [0.25, 0.3) is 0 Å². The summed E-state index contributed by atoms with van der Waals surface area (Å²) in [6.45, 7) is 4.64. The molecule has 0 aliphatic heterocycles. The number of rotatable bonds is 9. The molecule has 0 spiro atoms. The van der Waals surface area contributed by atoms with Gasteiger partial charge in [0, 0.05) is 0 Å². The quantitative estimate of drug-likeness (QED) is 0.371. The van der Waals surface area contributed by atoms with Crippen molar-refractivity contribution in [1.29, 1.82) is 0 Å². The minimum atomic E-state index is 0.789. The number of benzene rings is 2. The molecule has 2 aliphatic carbocycles. The lowest BCUT2D eigenvalue weighted by Crippen LogP contribution is -2.13. The SMILES string of the molecule is CCCCC1CCC(c2ccc(-c3ccc(C4CCC(CCCC)CC4)cc3)cc2)CC1. The summed E-state index contributed by atoms with van der Waals surface area (Å²) in [5, 5.41) is 0. The molecule has 32 heavy (non-hydrogen) atoms. The first-order valence-electron chi connectivity index (χ1n) is 14.0. The molecule has 2 aromatic carbocycles. The van der Waals surface area contributed by atoms with Gasteiger partial charge in [-0.3, -0.25) is 0 Å². The second-order valence-electron chi connectivity index (χ2n) is 11.0. The molecule has 0 bridgehead atoms. The number of unbranched alkanes of at least 4 members (excludes halogenated alkanes) is 2. The Labute approximate surface area is 198 Å². The highest BCUT2D eigenvalue weighted by Gasteiger charge is 2.23. The minimum Gasteiger partial charge on any atom is -0.0654 e. The van der Waals surface area contributed by atoms with Gasteiger partial charge in [-0.25, -0.2) is 0 Å². The van der Waals surface area contributed by atoms with Crippen LogP contribution in [0.5, 0.6) is 0 Å². The molecule has 0 unspecified atom stereocenters. The molecule has 2 saturated carbocycles. The first kappa shape index (κ1) is 23.6. The topological polar surface area (TPSA) is 0 Å². The summed E-state index contributed by atoms with van der Waals surface area (Å²) < 4.78 is 0. The summed E-state index contributed by atoms with van der Waals surface area (Å²) in [5.41, 5.74) is 5.89. The predicted octanol–water partition coefficient (Wildman–Crippen LogP) is 10.3. The third-order valence-corrected chi connectivity index (χ3v) is 8.72. The van der Waals surface area contributed by atoms with E-state index in [9.17, 15) is 0 Å². The Balaban J connectivity index is 1.29. The van der Waals surface area contributed by atoms with Gasteiger partial charge < -0.3 is 0 Å². The summed E-state index contributed by atoms with van der Waals surface area (Å²) in [6.07, 6.45) is 19.8. The molecule has 174 valence electrons. The molecule has 0 amide bonds. The Morgan fingerprint density at radius 2 is 0.844 bits per heavy atom. The zero-order valence-corrected chi connectivity index (χ0v) is 20.8. The molecule has 0 N–H and O–H groups in total. The number of hydrogen-bond donors (Lipinski definition) is 0. The molecule has 0 aromatic heterocycles. The molecule has 2 aromatic rings. The molecular formula is C32H46. The Morgan fingerprint density at radius 3 is 1.16 bits per heavy atom. The Bertz CT molecular complexity index is 698. The van der Waals surface area contributed by atoms with Gasteiger partial charge in [0.2, 0.25) is 0 Å². The van der Waals surface area contributed by atoms with E-state index >= 15 is 0 Å². The lowest BCUT2D eigenvalue weighted by Gasteiger charge is -2.29. The molecule has 0 atom stereocenters. The van der Waals surface area contributed by atoms with E-state index < -0.39 is 0 Å². The zero-order chi connectivity index (χ0) is 22.2. The monoisotopic (exact) mass is 430 g/mol. The van der Waals surface area contributed by atoms with E-state index in [-0.39, 0.29) is 0 Å². The fourth-order valence-electron chi connectivity index (χ4n) is 6.45. The normalized spacial score (nSPS) is 26.2. The van der Waals surface area contributed by atoms with Crippen molar-refractivity contribution in [3.05, 3.63) is 59.7 Å². The molecule has 4 rings (SSSR count). The fourth-order valence-corrected chi connectivity index (χ4v) is 6.45. The van der Waals surface area contributed by atoms with E-state index in [0.29, 0.717) is 0 Å². The van der Waals surface area contributed by atoms with Crippen molar-refractivity contribution < 1.29 is 0 Å². The van der Waals surface area contributed by atoms with E-state index in [4.69, 9.17) is 0 Å². The lowest BCUT2D eigenvalue weighted by atomic mass is 9.76. The molecule has 2 fully saturated rings. The van der Waals surface area contributed by atoms with Crippen molar-refractivity contribution in [3.8, 4) is 11.1 Å². The summed E-state index contributed by atoms with van der Waals surface area (Å²) in [7, 11) is 0. The van der Waals surface area contributed by atoms with Crippen LogP contribution in [0.4, 0.5) is 0 Å². The molecule has 2 aliphatic rings. The Morgan fingerprint density at radius 1 is 0.500 bits per heavy atom. The van der Waals surface area contributed by atoms with Gasteiger partial charge in [-0.05, 0) is 97.3 Å². The van der Waals surface area contributed by atoms with E-state index in [1.165, 1.54) is 101 Å². The van der Waals surface area contributed by atoms with E-state index in [2.05, 4.69) is 62.4 Å². The highest BCUT2D eigenvalue weighted by molar-refractivity contribution is 5.64. The maximum Gasteiger partial charge on any atom is -0.0162 e. The number of hydrogen-bond acceptors (Lipinski definition) is 0. The van der Waals surface area contributed by atoms with Crippen molar-refractivity contribution >= 4 is 0 Å². The fraction of sp³-hybridized carbons (Fsp3) is 0.625. The van der Waals surface area contributed by atoms with Crippen LogP contribution in [-0.2, 0) is 0 Å². The van der Waals surface area contributed by atoms with Crippen molar-refractivity contribution in [2.24, 2.45) is 11.8 Å². The minimum absolute atomic E-state index is 0.789. The van der Waals surface area contributed by atoms with Crippen LogP contribution in [-0.4, -0.2) is 0 Å². The van der Waals surface area contributed by atoms with Crippen molar-refractivity contribution in [1.82, 2.24) is 0 Å². The van der Waals surface area contributed by atoms with Crippen LogP contribution in [0, 0.1) is 11.8 Å². The van der Waals surface area contributed by atoms with Gasteiger partial charge in [-0.1, -0.05) is 101 Å². The van der Waals surface area contributed by atoms with Crippen LogP contribution >= 0.6 is 0 Å². The average molecular weight is 431 g/mol. The summed E-state index contributed by atoms with van der Waals surface area (Å²) in [5.74, 6) is 3.57. The second-order valence-corrected chi connectivity index (χ2v) is 11.0. The molecule has 0 heteroatoms. The van der Waals surface area contributed by atoms with Crippen LogP contribution < -0.4 is 0 Å². The zero-order valence-electron chi connectivity index (χ0n) is 20.8. The van der Waals surface area contributed by atoms with Crippen molar-refractivity contribution in [2.75, 3.05) is 0 Å². The van der Waals surface area contributed by atoms with Crippen LogP contribution in [0.2, 0.25) is 0 Å². The third kappa shape index (κ3) is 6.27. The van der Waals surface area contributed by atoms with Gasteiger partial charge >= 0.3 is 0 Å². The van der Waals surface area contributed by atoms with E-state index in [1.54, 1.807) is 11.1 Å². The van der Waals surface area contributed by atoms with Crippen LogP contribution in [0.3, 0.4) is 0 Å². The molecule has 0 radical (unpaired) electrons. The first-order chi connectivity index (χ1) is 15.8. The van der Waals surface area contributed by atoms with Gasteiger partial charge in [0.15, 0.2) is 0 Å². The van der Waals surface area contributed by atoms with Crippen LogP contribution in [0.1, 0.15) is 127 Å². The predicted molar refractivity (Wildman–Crippen MR) is 140 cm³/mol. The highest BCUT2D eigenvalue weighted by atomic mass is 14.3. The Hall–Kier alpha value is -1.56. The van der Waals surface area contributed by atoms with E-state index in [0.717, 1.165) is 23.7 Å². The largest absolute Gasteiger partial charge is 0.0654 e. The van der Waals surface area contributed by atoms with Gasteiger partial charge in [0.05, 0.1) is 0 Å². The molecular weight excluding hydrogens is 384 g/mol. The lowest BCUT2D eigenvalue weighted by molar-refractivity contribution is 0.304. The summed E-state index contributed by atoms with van der Waals surface area (Å²) in [6, 6.07) is 19.1. The first-order valence-corrected chi connectivity index (χ1v) is 14.0. The molecule has 0 saturated heterocycles. The van der Waals surface area contributed by atoms with E-state index in [1.807, 2.05) is 0 Å². The van der Waals surface area contributed by atoms with Crippen molar-refractivity contribution in [3.63, 3.8) is 0 Å².